The summed E-state index contributed by atoms with van der Waals surface area (Å²) in [5.41, 5.74) is 1.26. The van der Waals surface area contributed by atoms with Crippen LogP contribution in [0.25, 0.3) is 0 Å². The van der Waals surface area contributed by atoms with Gasteiger partial charge in [0.15, 0.2) is 0 Å². The Kier molecular flexibility index (Phi) is 7.87. The topological polar surface area (TPSA) is 50.2 Å². The lowest BCUT2D eigenvalue weighted by Crippen LogP contribution is -2.00. The van der Waals surface area contributed by atoms with Crippen molar-refractivity contribution in [1.29, 1.82) is 0 Å². The van der Waals surface area contributed by atoms with Crippen LogP contribution in [0.1, 0.15) is 74.3 Å². The van der Waals surface area contributed by atoms with Crippen LogP contribution in [0.3, 0.4) is 0 Å². The van der Waals surface area contributed by atoms with Gasteiger partial charge in [-0.25, -0.2) is 9.78 Å². The molecule has 0 aliphatic rings. The van der Waals surface area contributed by atoms with Crippen molar-refractivity contribution in [1.82, 2.24) is 4.98 Å². The molecule has 0 amide bonds. The van der Waals surface area contributed by atoms with Gasteiger partial charge in [-0.15, -0.1) is 0 Å². The first kappa shape index (κ1) is 15.7. The van der Waals surface area contributed by atoms with E-state index in [0.29, 0.717) is 0 Å². The second-order valence-corrected chi connectivity index (χ2v) is 5.08. The number of unbranched alkanes of at least 4 members (excludes halogenated alkanes) is 7. The summed E-state index contributed by atoms with van der Waals surface area (Å²) in [5, 5.41) is 8.75. The highest BCUT2D eigenvalue weighted by Crippen LogP contribution is 2.11. The van der Waals surface area contributed by atoms with Crippen molar-refractivity contribution >= 4 is 5.97 Å². The van der Waals surface area contributed by atoms with Crippen molar-refractivity contribution in [3.8, 4) is 0 Å². The predicted octanol–water partition coefficient (Wildman–Crippen LogP) is 4.46. The third-order valence-electron chi connectivity index (χ3n) is 3.36. The van der Waals surface area contributed by atoms with Gasteiger partial charge >= 0.3 is 5.97 Å². The van der Waals surface area contributed by atoms with E-state index in [1.807, 2.05) is 6.07 Å². The Balaban J connectivity index is 2.07. The summed E-state index contributed by atoms with van der Waals surface area (Å²) in [4.78, 5) is 14.6. The number of aromatic nitrogens is 1. The highest BCUT2D eigenvalue weighted by Gasteiger charge is 2.03. The smallest absolute Gasteiger partial charge is 0.354 e. The highest BCUT2D eigenvalue weighted by molar-refractivity contribution is 5.85. The minimum Gasteiger partial charge on any atom is -0.477 e. The molecular formula is C16H25NO2. The number of carboxylic acid groups (broad SMARTS) is 1. The molecule has 3 heteroatoms. The third-order valence-corrected chi connectivity index (χ3v) is 3.36. The summed E-state index contributed by atoms with van der Waals surface area (Å²) in [7, 11) is 0. The second kappa shape index (κ2) is 9.54. The van der Waals surface area contributed by atoms with Gasteiger partial charge in [-0.05, 0) is 24.5 Å². The van der Waals surface area contributed by atoms with Gasteiger partial charge in [-0.1, -0.05) is 57.9 Å². The standard InChI is InChI=1S/C16H25NO2/c1-2-3-4-5-6-7-8-9-10-14-11-12-15(16(18)19)17-13-14/h11-13H,2-10H2,1H3,(H,18,19). The lowest BCUT2D eigenvalue weighted by molar-refractivity contribution is 0.0690. The lowest BCUT2D eigenvalue weighted by Gasteiger charge is -2.02. The lowest BCUT2D eigenvalue weighted by atomic mass is 10.0. The van der Waals surface area contributed by atoms with Crippen LogP contribution in [0.4, 0.5) is 0 Å². The minimum atomic E-state index is -0.960. The van der Waals surface area contributed by atoms with Crippen molar-refractivity contribution in [2.75, 3.05) is 0 Å². The molecule has 0 saturated carbocycles. The molecule has 0 fully saturated rings. The summed E-state index contributed by atoms with van der Waals surface area (Å²) in [6.45, 7) is 2.24. The van der Waals surface area contributed by atoms with Gasteiger partial charge in [0.05, 0.1) is 0 Å². The second-order valence-electron chi connectivity index (χ2n) is 5.08. The van der Waals surface area contributed by atoms with Crippen molar-refractivity contribution < 1.29 is 9.90 Å². The molecule has 1 heterocycles. The van der Waals surface area contributed by atoms with E-state index in [2.05, 4.69) is 11.9 Å². The number of pyridine rings is 1. The van der Waals surface area contributed by atoms with Crippen LogP contribution in [-0.4, -0.2) is 16.1 Å². The molecule has 0 bridgehead atoms. The van der Waals surface area contributed by atoms with E-state index < -0.39 is 5.97 Å². The van der Waals surface area contributed by atoms with Gasteiger partial charge in [0, 0.05) is 6.20 Å². The molecule has 1 aromatic rings. The molecule has 106 valence electrons. The maximum absolute atomic E-state index is 10.7. The SMILES string of the molecule is CCCCCCCCCCc1ccc(C(=O)O)nc1. The molecular weight excluding hydrogens is 238 g/mol. The summed E-state index contributed by atoms with van der Waals surface area (Å²) in [6, 6.07) is 3.46. The average molecular weight is 263 g/mol. The Morgan fingerprint density at radius 2 is 1.68 bits per heavy atom. The Hall–Kier alpha value is -1.38. The fourth-order valence-corrected chi connectivity index (χ4v) is 2.16. The van der Waals surface area contributed by atoms with Crippen LogP contribution in [0, 0.1) is 0 Å². The van der Waals surface area contributed by atoms with E-state index in [4.69, 9.17) is 5.11 Å². The summed E-state index contributed by atoms with van der Waals surface area (Å²) < 4.78 is 0. The van der Waals surface area contributed by atoms with Crippen LogP contribution in [0.2, 0.25) is 0 Å². The quantitative estimate of drug-likeness (QED) is 0.634. The van der Waals surface area contributed by atoms with Gasteiger partial charge < -0.3 is 5.11 Å². The number of nitrogens with zero attached hydrogens (tertiary/aromatic N) is 1. The van der Waals surface area contributed by atoms with Crippen LogP contribution in [0.5, 0.6) is 0 Å². The normalized spacial score (nSPS) is 10.6. The molecule has 0 aliphatic carbocycles. The number of aromatic carboxylic acids is 1. The molecule has 0 unspecified atom stereocenters. The van der Waals surface area contributed by atoms with E-state index in [9.17, 15) is 4.79 Å². The van der Waals surface area contributed by atoms with Crippen molar-refractivity contribution in [2.45, 2.75) is 64.7 Å². The number of hydrogen-bond donors (Lipinski definition) is 1. The molecule has 0 atom stereocenters. The molecule has 1 aromatic heterocycles. The molecule has 0 aromatic carbocycles. The minimum absolute atomic E-state index is 0.125. The monoisotopic (exact) mass is 263 g/mol. The summed E-state index contributed by atoms with van der Waals surface area (Å²) >= 11 is 0. The Morgan fingerprint density at radius 1 is 1.05 bits per heavy atom. The third kappa shape index (κ3) is 6.94. The zero-order valence-electron chi connectivity index (χ0n) is 11.9. The summed E-state index contributed by atoms with van der Waals surface area (Å²) in [5.74, 6) is -0.960. The molecule has 0 aliphatic heterocycles. The first-order chi connectivity index (χ1) is 9.24. The van der Waals surface area contributed by atoms with Gasteiger partial charge in [0.25, 0.3) is 0 Å². The molecule has 3 nitrogen and oxygen atoms in total. The van der Waals surface area contributed by atoms with Gasteiger partial charge in [-0.3, -0.25) is 0 Å². The zero-order chi connectivity index (χ0) is 13.9. The largest absolute Gasteiger partial charge is 0.477 e. The molecule has 19 heavy (non-hydrogen) atoms. The fourth-order valence-electron chi connectivity index (χ4n) is 2.16. The number of carbonyl (C=O) groups is 1. The Morgan fingerprint density at radius 3 is 2.21 bits per heavy atom. The number of rotatable bonds is 10. The van der Waals surface area contributed by atoms with Gasteiger partial charge in [0.1, 0.15) is 5.69 Å². The van der Waals surface area contributed by atoms with E-state index in [-0.39, 0.29) is 5.69 Å². The van der Waals surface area contributed by atoms with Crippen LogP contribution in [0.15, 0.2) is 18.3 Å². The van der Waals surface area contributed by atoms with Crippen LogP contribution < -0.4 is 0 Å². The first-order valence-electron chi connectivity index (χ1n) is 7.42. The Bertz CT molecular complexity index is 360. The molecule has 0 spiro atoms. The van der Waals surface area contributed by atoms with Crippen molar-refractivity contribution in [3.05, 3.63) is 29.6 Å². The number of hydrogen-bond acceptors (Lipinski definition) is 2. The molecule has 0 saturated heterocycles. The first-order valence-corrected chi connectivity index (χ1v) is 7.42. The average Bonchev–Trinajstić information content (AvgIpc) is 2.42. The fraction of sp³-hybridized carbons (Fsp3) is 0.625. The number of aryl methyl sites for hydroxylation is 1. The maximum atomic E-state index is 10.7. The predicted molar refractivity (Wildman–Crippen MR) is 77.5 cm³/mol. The number of carboxylic acids is 1. The van der Waals surface area contributed by atoms with Crippen LogP contribution in [-0.2, 0) is 6.42 Å². The molecule has 1 rings (SSSR count). The van der Waals surface area contributed by atoms with Gasteiger partial charge in [-0.2, -0.15) is 0 Å². The summed E-state index contributed by atoms with van der Waals surface area (Å²) in [6.07, 6.45) is 13.2. The van der Waals surface area contributed by atoms with E-state index >= 15 is 0 Å². The van der Waals surface area contributed by atoms with Crippen molar-refractivity contribution in [3.63, 3.8) is 0 Å². The Labute approximate surface area is 116 Å². The molecule has 0 radical (unpaired) electrons. The van der Waals surface area contributed by atoms with Crippen molar-refractivity contribution in [2.24, 2.45) is 0 Å². The highest BCUT2D eigenvalue weighted by atomic mass is 16.4. The van der Waals surface area contributed by atoms with Crippen LogP contribution >= 0.6 is 0 Å². The maximum Gasteiger partial charge on any atom is 0.354 e. The van der Waals surface area contributed by atoms with E-state index in [0.717, 1.165) is 12.0 Å². The molecule has 1 N–H and O–H groups in total. The van der Waals surface area contributed by atoms with E-state index in [1.165, 1.54) is 51.4 Å². The zero-order valence-corrected chi connectivity index (χ0v) is 11.9. The van der Waals surface area contributed by atoms with Gasteiger partial charge in [0.2, 0.25) is 0 Å². The van der Waals surface area contributed by atoms with E-state index in [1.54, 1.807) is 12.3 Å².